The molecule has 0 bridgehead atoms. The molecule has 3 aromatic carbocycles. The molecule has 4 aromatic heterocycles. The van der Waals surface area contributed by atoms with E-state index in [0.29, 0.717) is 39.5 Å². The molecular formula is C42H34Br2Cl2N6O8S2. The molecule has 0 saturated carbocycles. The Hall–Kier alpha value is -4.98. The van der Waals surface area contributed by atoms with E-state index < -0.39 is 28.3 Å². The van der Waals surface area contributed by atoms with Crippen molar-refractivity contribution in [2.75, 3.05) is 0 Å². The number of allylic oxidation sites excluding steroid dienone is 2. The summed E-state index contributed by atoms with van der Waals surface area (Å²) < 4.78 is 6.01. The zero-order valence-electron chi connectivity index (χ0n) is 33.5. The summed E-state index contributed by atoms with van der Waals surface area (Å²) in [4.78, 5) is 85.1. The zero-order chi connectivity index (χ0) is 45.6. The van der Waals surface area contributed by atoms with Crippen LogP contribution in [-0.4, -0.2) is 50.0 Å². The standard InChI is InChI=1S/C21H17BrClN3O4S.C15H13N3O4.C6H4BrClS/c1-4-11-15-16(17-19(24-11)25(2)21(30)26(3)20(17)29)12(27)8-14(18(15)28)31-13-6-5-9(23)7-10(13)22;1-4-7-10-8(19)5-6-9(20)11(10)12-13(16-7)17(2)15(22)18(3)14(12)21;7-5-3-4(8)1-2-6(5)9/h5-8,27-28H,4H2,1-3H3;5-6H,4H2,1-3H3;1-3,9H. The van der Waals surface area contributed by atoms with Crippen LogP contribution in [0.2, 0.25) is 10.0 Å². The predicted octanol–water partition coefficient (Wildman–Crippen LogP) is 7.85. The molecule has 0 radical (unpaired) electrons. The van der Waals surface area contributed by atoms with Crippen molar-refractivity contribution in [3.05, 3.63) is 138 Å². The number of ketones is 2. The second kappa shape index (κ2) is 18.4. The summed E-state index contributed by atoms with van der Waals surface area (Å²) in [5.41, 5.74) is -0.886. The van der Waals surface area contributed by atoms with Crippen molar-refractivity contribution in [2.45, 2.75) is 41.4 Å². The van der Waals surface area contributed by atoms with E-state index in [1.54, 1.807) is 31.2 Å². The van der Waals surface area contributed by atoms with Gasteiger partial charge in [0.2, 0.25) is 0 Å². The first kappa shape index (κ1) is 46.5. The van der Waals surface area contributed by atoms with Gasteiger partial charge in [0.25, 0.3) is 11.1 Å². The van der Waals surface area contributed by atoms with Crippen LogP contribution in [0.3, 0.4) is 0 Å². The molecule has 1 aliphatic carbocycles. The lowest BCUT2D eigenvalue weighted by Crippen LogP contribution is -2.38. The van der Waals surface area contributed by atoms with Crippen molar-refractivity contribution in [2.24, 2.45) is 28.2 Å². The number of aromatic hydroxyl groups is 2. The molecule has 0 fully saturated rings. The topological polar surface area (TPSA) is 188 Å². The Morgan fingerprint density at radius 3 is 1.66 bits per heavy atom. The van der Waals surface area contributed by atoms with Gasteiger partial charge in [-0.3, -0.25) is 37.4 Å². The van der Waals surface area contributed by atoms with Gasteiger partial charge >= 0.3 is 11.4 Å². The SMILES string of the molecule is CCc1nc2c(c(=O)n(C)c(=O)n2C)c2c(O)cc(Sc3ccc(Cl)cc3Br)c(O)c12.CCc1nc2c(c3c1C(=O)C=CC3=O)c(=O)n(C)c(=O)n2C.Sc1ccc(Cl)cc1Br. The first-order valence-corrected chi connectivity index (χ1v) is 22.0. The van der Waals surface area contributed by atoms with Gasteiger partial charge in [0, 0.05) is 62.4 Å². The molecule has 0 atom stereocenters. The van der Waals surface area contributed by atoms with Crippen LogP contribution in [0, 0.1) is 0 Å². The van der Waals surface area contributed by atoms with Gasteiger partial charge < -0.3 is 10.2 Å². The molecular weight excluding hydrogens is 1010 g/mol. The predicted molar refractivity (Wildman–Crippen MR) is 252 cm³/mol. The van der Waals surface area contributed by atoms with Crippen LogP contribution in [0.5, 0.6) is 11.5 Å². The minimum absolute atomic E-state index is 0.0134. The number of aromatic nitrogens is 6. The van der Waals surface area contributed by atoms with Crippen LogP contribution in [-0.2, 0) is 41.0 Å². The first-order valence-electron chi connectivity index (χ1n) is 18.4. The van der Waals surface area contributed by atoms with Crippen molar-refractivity contribution in [1.29, 1.82) is 0 Å². The Morgan fingerprint density at radius 2 is 1.13 bits per heavy atom. The third kappa shape index (κ3) is 8.43. The summed E-state index contributed by atoms with van der Waals surface area (Å²) in [7, 11) is 5.69. The monoisotopic (exact) mass is 1040 g/mol. The molecule has 14 nitrogen and oxygen atoms in total. The highest BCUT2D eigenvalue weighted by Crippen LogP contribution is 2.47. The highest BCUT2D eigenvalue weighted by Gasteiger charge is 2.29. The fraction of sp³-hybridized carbons (Fsp3) is 0.190. The number of benzene rings is 3. The van der Waals surface area contributed by atoms with Crippen molar-refractivity contribution in [3.63, 3.8) is 0 Å². The van der Waals surface area contributed by atoms with Crippen LogP contribution >= 0.6 is 79.5 Å². The molecule has 8 rings (SSSR count). The number of hydrogen-bond donors (Lipinski definition) is 3. The number of phenolic OH excluding ortho intramolecular Hbond substituents is 2. The van der Waals surface area contributed by atoms with Crippen LogP contribution in [0.4, 0.5) is 0 Å². The minimum Gasteiger partial charge on any atom is -0.507 e. The van der Waals surface area contributed by atoms with Gasteiger partial charge in [0.1, 0.15) is 22.8 Å². The first-order chi connectivity index (χ1) is 29.2. The van der Waals surface area contributed by atoms with Gasteiger partial charge in [-0.1, -0.05) is 48.8 Å². The van der Waals surface area contributed by atoms with Crippen molar-refractivity contribution < 1.29 is 19.8 Å². The van der Waals surface area contributed by atoms with E-state index >= 15 is 0 Å². The van der Waals surface area contributed by atoms with E-state index in [1.165, 1.54) is 61.2 Å². The number of rotatable bonds is 4. The summed E-state index contributed by atoms with van der Waals surface area (Å²) in [6.07, 6.45) is 3.16. The van der Waals surface area contributed by atoms with E-state index in [9.17, 15) is 39.0 Å². The van der Waals surface area contributed by atoms with E-state index in [0.717, 1.165) is 39.0 Å². The van der Waals surface area contributed by atoms with E-state index in [-0.39, 0.29) is 55.9 Å². The molecule has 320 valence electrons. The van der Waals surface area contributed by atoms with Crippen molar-refractivity contribution in [3.8, 4) is 11.5 Å². The Bertz CT molecular complexity index is 3370. The fourth-order valence-corrected chi connectivity index (χ4v) is 9.39. The number of hydrogen-bond acceptors (Lipinski definition) is 12. The number of pyridine rings is 2. The zero-order valence-corrected chi connectivity index (χ0v) is 39.9. The number of thiol groups is 1. The summed E-state index contributed by atoms with van der Waals surface area (Å²) in [5.74, 6) is -1.05. The van der Waals surface area contributed by atoms with Gasteiger partial charge in [0.05, 0.1) is 43.6 Å². The number of halogens is 4. The maximum Gasteiger partial charge on any atom is 0.332 e. The van der Waals surface area contributed by atoms with Crippen LogP contribution in [0.15, 0.2) is 97.4 Å². The lowest BCUT2D eigenvalue weighted by molar-refractivity contribution is 0.0994. The molecule has 7 aromatic rings. The van der Waals surface area contributed by atoms with E-state index in [1.807, 2.05) is 19.1 Å². The molecule has 0 spiro atoms. The van der Waals surface area contributed by atoms with E-state index in [4.69, 9.17) is 23.2 Å². The maximum absolute atomic E-state index is 12.9. The molecule has 0 unspecified atom stereocenters. The molecule has 2 N–H and O–H groups in total. The summed E-state index contributed by atoms with van der Waals surface area (Å²) in [6, 6.07) is 12.1. The third-order valence-corrected chi connectivity index (χ3v) is 13.7. The van der Waals surface area contributed by atoms with Crippen molar-refractivity contribution >= 4 is 124 Å². The second-order valence-electron chi connectivity index (χ2n) is 13.7. The van der Waals surface area contributed by atoms with Gasteiger partial charge in [0.15, 0.2) is 11.6 Å². The molecule has 62 heavy (non-hydrogen) atoms. The number of carbonyl (C=O) groups excluding carboxylic acids is 2. The Kier molecular flexibility index (Phi) is 13.8. The molecule has 4 heterocycles. The largest absolute Gasteiger partial charge is 0.507 e. The number of carbonyl (C=O) groups is 2. The summed E-state index contributed by atoms with van der Waals surface area (Å²) >= 11 is 23.8. The number of aryl methyl sites for hydroxylation is 4. The third-order valence-electron chi connectivity index (χ3n) is 9.89. The average molecular weight is 1050 g/mol. The summed E-state index contributed by atoms with van der Waals surface area (Å²) in [5, 5.41) is 23.9. The summed E-state index contributed by atoms with van der Waals surface area (Å²) in [6.45, 7) is 3.64. The highest BCUT2D eigenvalue weighted by molar-refractivity contribution is 9.10. The number of fused-ring (bicyclic) bond motifs is 6. The van der Waals surface area contributed by atoms with Crippen molar-refractivity contribution in [1.82, 2.24) is 28.2 Å². The smallest absolute Gasteiger partial charge is 0.332 e. The fourth-order valence-electron chi connectivity index (χ4n) is 6.75. The Labute approximate surface area is 388 Å². The van der Waals surface area contributed by atoms with Gasteiger partial charge in [-0.05, 0) is 99.3 Å². The lowest BCUT2D eigenvalue weighted by Gasteiger charge is -2.17. The van der Waals surface area contributed by atoms with Crippen LogP contribution in [0.25, 0.3) is 32.8 Å². The normalized spacial score (nSPS) is 12.0. The maximum atomic E-state index is 12.9. The van der Waals surface area contributed by atoms with Crippen LogP contribution < -0.4 is 22.5 Å². The minimum atomic E-state index is -0.624. The molecule has 0 amide bonds. The molecule has 0 aliphatic heterocycles. The van der Waals surface area contributed by atoms with Gasteiger partial charge in [-0.2, -0.15) is 0 Å². The molecule has 0 saturated heterocycles. The Morgan fingerprint density at radius 1 is 0.629 bits per heavy atom. The van der Waals surface area contributed by atoms with Crippen LogP contribution in [0.1, 0.15) is 46.0 Å². The van der Waals surface area contributed by atoms with Gasteiger partial charge in [-0.25, -0.2) is 19.6 Å². The number of nitrogens with zero attached hydrogens (tertiary/aromatic N) is 6. The van der Waals surface area contributed by atoms with Gasteiger partial charge in [-0.15, -0.1) is 12.6 Å². The number of phenols is 2. The average Bonchev–Trinajstić information content (AvgIpc) is 3.25. The lowest BCUT2D eigenvalue weighted by atomic mass is 9.90. The second-order valence-corrected chi connectivity index (χ2v) is 17.9. The quantitative estimate of drug-likeness (QED) is 0.0885. The molecule has 1 aliphatic rings. The molecule has 20 heteroatoms. The Balaban J connectivity index is 0.000000179. The highest BCUT2D eigenvalue weighted by atomic mass is 79.9. The van der Waals surface area contributed by atoms with E-state index in [2.05, 4.69) is 54.5 Å².